The molecule has 3 heteroatoms. The van der Waals surface area contributed by atoms with Gasteiger partial charge in [-0.3, -0.25) is 0 Å². The Morgan fingerprint density at radius 2 is 0.754 bits per heavy atom. The van der Waals surface area contributed by atoms with E-state index in [4.69, 9.17) is 4.42 Å². The second-order valence-corrected chi connectivity index (χ2v) is 15.2. The van der Waals surface area contributed by atoms with Crippen LogP contribution in [0, 0.1) is 0 Å². The lowest BCUT2D eigenvalue weighted by Crippen LogP contribution is -1.95. The van der Waals surface area contributed by atoms with Crippen LogP contribution in [0.5, 0.6) is 0 Å². The molecule has 0 aliphatic heterocycles. The molecule has 0 spiro atoms. The lowest BCUT2D eigenvalue weighted by atomic mass is 9.94. The topological polar surface area (TPSA) is 23.0 Å². The molecule has 0 aliphatic carbocycles. The smallest absolute Gasteiger partial charge is 0.137 e. The molecule has 0 atom stereocenters. The molecular weight excluding hydrogens is 693 g/mol. The predicted molar refractivity (Wildman–Crippen MR) is 240 cm³/mol. The van der Waals surface area contributed by atoms with Gasteiger partial charge in [0.05, 0.1) is 33.1 Å². The molecular formula is C54H32N2O. The molecule has 0 aliphatic rings. The molecule has 0 unspecified atom stereocenters. The largest absolute Gasteiger partial charge is 0.456 e. The second-order valence-electron chi connectivity index (χ2n) is 15.2. The zero-order valence-electron chi connectivity index (χ0n) is 30.8. The first-order valence-corrected chi connectivity index (χ1v) is 19.6. The normalized spacial score (nSPS) is 12.2. The first-order chi connectivity index (χ1) is 28.3. The molecule has 13 aromatic rings. The third-order valence-corrected chi connectivity index (χ3v) is 12.3. The zero-order chi connectivity index (χ0) is 37.2. The van der Waals surface area contributed by atoms with E-state index in [0.717, 1.165) is 33.3 Å². The van der Waals surface area contributed by atoms with Gasteiger partial charge in [-0.25, -0.2) is 0 Å². The minimum Gasteiger partial charge on any atom is -0.456 e. The minimum atomic E-state index is 0.897. The first-order valence-electron chi connectivity index (χ1n) is 19.6. The van der Waals surface area contributed by atoms with E-state index in [1.165, 1.54) is 87.1 Å². The van der Waals surface area contributed by atoms with Crippen molar-refractivity contribution < 1.29 is 4.42 Å². The summed E-state index contributed by atoms with van der Waals surface area (Å²) in [7, 11) is 0. The average molecular weight is 725 g/mol. The molecule has 3 aromatic heterocycles. The van der Waals surface area contributed by atoms with Crippen LogP contribution in [-0.2, 0) is 0 Å². The average Bonchev–Trinajstić information content (AvgIpc) is 3.94. The number of aromatic nitrogens is 2. The molecule has 0 bridgehead atoms. The Balaban J connectivity index is 1.01. The maximum atomic E-state index is 6.32. The lowest BCUT2D eigenvalue weighted by molar-refractivity contribution is 0.669. The van der Waals surface area contributed by atoms with Gasteiger partial charge in [-0.15, -0.1) is 0 Å². The van der Waals surface area contributed by atoms with Crippen LogP contribution < -0.4 is 0 Å². The van der Waals surface area contributed by atoms with Crippen molar-refractivity contribution in [2.45, 2.75) is 0 Å². The van der Waals surface area contributed by atoms with Crippen LogP contribution in [0.1, 0.15) is 0 Å². The van der Waals surface area contributed by atoms with Crippen molar-refractivity contribution in [2.24, 2.45) is 0 Å². The van der Waals surface area contributed by atoms with E-state index in [1.54, 1.807) is 0 Å². The van der Waals surface area contributed by atoms with E-state index in [-0.39, 0.29) is 0 Å². The van der Waals surface area contributed by atoms with E-state index >= 15 is 0 Å². The molecule has 57 heavy (non-hydrogen) atoms. The molecule has 0 saturated carbocycles. The minimum absolute atomic E-state index is 0.897. The number of furan rings is 1. The van der Waals surface area contributed by atoms with Gasteiger partial charge in [0.15, 0.2) is 0 Å². The summed E-state index contributed by atoms with van der Waals surface area (Å²) in [5.74, 6) is 0. The number of hydrogen-bond acceptors (Lipinski definition) is 1. The molecule has 0 amide bonds. The number of hydrogen-bond donors (Lipinski definition) is 0. The van der Waals surface area contributed by atoms with Crippen LogP contribution in [0.15, 0.2) is 199 Å². The third-order valence-electron chi connectivity index (χ3n) is 12.3. The highest BCUT2D eigenvalue weighted by atomic mass is 16.3. The summed E-state index contributed by atoms with van der Waals surface area (Å²) in [6.45, 7) is 0. The van der Waals surface area contributed by atoms with Gasteiger partial charge in [-0.05, 0) is 110 Å². The van der Waals surface area contributed by atoms with Gasteiger partial charge in [-0.1, -0.05) is 127 Å². The number of nitrogens with zero attached hydrogens (tertiary/aromatic N) is 2. The zero-order valence-corrected chi connectivity index (χ0v) is 30.8. The fourth-order valence-electron chi connectivity index (χ4n) is 9.82. The third kappa shape index (κ3) is 4.26. The molecule has 264 valence electrons. The Labute approximate surface area is 326 Å². The fraction of sp³-hybridized carbons (Fsp3) is 0. The second kappa shape index (κ2) is 11.5. The highest BCUT2D eigenvalue weighted by Gasteiger charge is 2.19. The highest BCUT2D eigenvalue weighted by molar-refractivity contribution is 6.26. The van der Waals surface area contributed by atoms with E-state index in [1.807, 2.05) is 6.07 Å². The van der Waals surface area contributed by atoms with Crippen molar-refractivity contribution in [3.63, 3.8) is 0 Å². The SMILES string of the molecule is c1ccc2c(c1)oc1cccc(-n3c4ccccc4c4cc(-c5ccc6c(c5)c5ccccc5n6-c5ccc6c7ccccc7c7ccccc7c6c5)ccc43)c12. The number of rotatable bonds is 3. The summed E-state index contributed by atoms with van der Waals surface area (Å²) in [6, 6.07) is 70.8. The predicted octanol–water partition coefficient (Wildman–Crippen LogP) is 14.9. The maximum Gasteiger partial charge on any atom is 0.137 e. The van der Waals surface area contributed by atoms with E-state index in [0.29, 0.717) is 0 Å². The first kappa shape index (κ1) is 30.7. The highest BCUT2D eigenvalue weighted by Crippen LogP contribution is 2.42. The van der Waals surface area contributed by atoms with Gasteiger partial charge >= 0.3 is 0 Å². The Bertz CT molecular complexity index is 3780. The Morgan fingerprint density at radius 1 is 0.281 bits per heavy atom. The van der Waals surface area contributed by atoms with Crippen LogP contribution in [0.25, 0.3) is 120 Å². The van der Waals surface area contributed by atoms with Crippen molar-refractivity contribution in [1.29, 1.82) is 0 Å². The van der Waals surface area contributed by atoms with Crippen molar-refractivity contribution in [3.05, 3.63) is 194 Å². The number of para-hydroxylation sites is 3. The van der Waals surface area contributed by atoms with E-state index in [9.17, 15) is 0 Å². The molecule has 0 N–H and O–H groups in total. The van der Waals surface area contributed by atoms with Crippen molar-refractivity contribution in [2.75, 3.05) is 0 Å². The summed E-state index contributed by atoms with van der Waals surface area (Å²) in [5.41, 5.74) is 11.2. The quantitative estimate of drug-likeness (QED) is 0.166. The van der Waals surface area contributed by atoms with Crippen LogP contribution in [-0.4, -0.2) is 9.13 Å². The Hall–Kier alpha value is -7.62. The molecule has 0 radical (unpaired) electrons. The van der Waals surface area contributed by atoms with Crippen LogP contribution in [0.4, 0.5) is 0 Å². The molecule has 10 aromatic carbocycles. The van der Waals surface area contributed by atoms with Crippen LogP contribution in [0.3, 0.4) is 0 Å². The molecule has 3 nitrogen and oxygen atoms in total. The van der Waals surface area contributed by atoms with Crippen LogP contribution >= 0.6 is 0 Å². The Morgan fingerprint density at radius 3 is 1.40 bits per heavy atom. The van der Waals surface area contributed by atoms with Gasteiger partial charge < -0.3 is 13.6 Å². The standard InChI is InChI=1S/C54H32N2O/c1-2-14-38-36(12-1)37-13-3-4-15-39(37)44-32-35(26-27-40(38)44)55-47-19-8-5-16-41(47)45-30-33(24-28-49(45)55)34-25-29-50-46(31-34)42-17-6-9-20-48(42)56(50)51-21-11-23-53-54(51)43-18-7-10-22-52(43)57-53/h1-32H. The van der Waals surface area contributed by atoms with Gasteiger partial charge in [0.2, 0.25) is 0 Å². The van der Waals surface area contributed by atoms with Gasteiger partial charge in [0, 0.05) is 32.6 Å². The molecule has 0 saturated heterocycles. The summed E-state index contributed by atoms with van der Waals surface area (Å²) in [5, 5.41) is 14.9. The molecule has 3 heterocycles. The van der Waals surface area contributed by atoms with Crippen molar-refractivity contribution >= 4 is 97.9 Å². The van der Waals surface area contributed by atoms with Gasteiger partial charge in [0.25, 0.3) is 0 Å². The van der Waals surface area contributed by atoms with E-state index < -0.39 is 0 Å². The van der Waals surface area contributed by atoms with Crippen molar-refractivity contribution in [1.82, 2.24) is 9.13 Å². The van der Waals surface area contributed by atoms with Gasteiger partial charge in [-0.2, -0.15) is 0 Å². The summed E-state index contributed by atoms with van der Waals surface area (Å²) < 4.78 is 11.2. The summed E-state index contributed by atoms with van der Waals surface area (Å²) in [6.07, 6.45) is 0. The fourth-order valence-corrected chi connectivity index (χ4v) is 9.82. The molecule has 0 fully saturated rings. The summed E-state index contributed by atoms with van der Waals surface area (Å²) in [4.78, 5) is 0. The Kier molecular flexibility index (Phi) is 6.16. The monoisotopic (exact) mass is 724 g/mol. The number of fused-ring (bicyclic) bond motifs is 15. The maximum absolute atomic E-state index is 6.32. The van der Waals surface area contributed by atoms with Crippen molar-refractivity contribution in [3.8, 4) is 22.5 Å². The molecule has 13 rings (SSSR count). The lowest BCUT2D eigenvalue weighted by Gasteiger charge is -2.14. The summed E-state index contributed by atoms with van der Waals surface area (Å²) >= 11 is 0. The number of benzene rings is 10. The van der Waals surface area contributed by atoms with Gasteiger partial charge in [0.1, 0.15) is 11.2 Å². The van der Waals surface area contributed by atoms with Crippen LogP contribution in [0.2, 0.25) is 0 Å². The van der Waals surface area contributed by atoms with E-state index in [2.05, 4.69) is 197 Å².